The minimum Gasteiger partial charge on any atom is -0.460 e. The van der Waals surface area contributed by atoms with Crippen molar-refractivity contribution < 1.29 is 29.0 Å². The fourth-order valence-electron chi connectivity index (χ4n) is 5.60. The molecule has 2 heterocycles. The van der Waals surface area contributed by atoms with Crippen molar-refractivity contribution in [3.8, 4) is 11.3 Å². The van der Waals surface area contributed by atoms with Gasteiger partial charge in [-0.25, -0.2) is 5.43 Å². The van der Waals surface area contributed by atoms with Gasteiger partial charge in [-0.3, -0.25) is 29.2 Å². The highest BCUT2D eigenvalue weighted by atomic mass is 35.6. The van der Waals surface area contributed by atoms with Gasteiger partial charge in [-0.15, -0.1) is 0 Å². The van der Waals surface area contributed by atoms with Crippen molar-refractivity contribution >= 4 is 69.3 Å². The van der Waals surface area contributed by atoms with E-state index in [1.54, 1.807) is 40.8 Å². The molecule has 11 nitrogen and oxygen atoms in total. The maximum Gasteiger partial charge on any atom is 0.325 e. The first kappa shape index (κ1) is 39.3. The molecule has 2 aromatic carbocycles. The van der Waals surface area contributed by atoms with E-state index in [1.165, 1.54) is 11.9 Å². The van der Waals surface area contributed by atoms with Crippen LogP contribution in [0.25, 0.3) is 22.0 Å². The molecule has 3 aromatic rings. The summed E-state index contributed by atoms with van der Waals surface area (Å²) >= 11 is 17.0. The molecule has 1 aliphatic heterocycles. The number of hydrazine groups is 1. The molecule has 1 unspecified atom stereocenters. The molecule has 270 valence electrons. The van der Waals surface area contributed by atoms with Gasteiger partial charge in [0.25, 0.3) is 5.91 Å². The van der Waals surface area contributed by atoms with Crippen LogP contribution < -0.4 is 16.1 Å². The van der Waals surface area contributed by atoms with Crippen molar-refractivity contribution in [1.29, 1.82) is 0 Å². The van der Waals surface area contributed by atoms with Crippen LogP contribution in [0.15, 0.2) is 54.7 Å². The number of hydrogen-bond donors (Lipinski definition) is 4. The molecule has 4 N–H and O–H groups in total. The number of aliphatic hydroxyl groups excluding tert-OH is 1. The van der Waals surface area contributed by atoms with E-state index >= 15 is 0 Å². The highest BCUT2D eigenvalue weighted by molar-refractivity contribution is 6.67. The molecule has 0 spiro atoms. The third kappa shape index (κ3) is 9.85. The zero-order valence-electron chi connectivity index (χ0n) is 28.9. The molecule has 50 heavy (non-hydrogen) atoms. The summed E-state index contributed by atoms with van der Waals surface area (Å²) in [6.45, 7) is 10.3. The van der Waals surface area contributed by atoms with Gasteiger partial charge in [-0.1, -0.05) is 79.0 Å². The summed E-state index contributed by atoms with van der Waals surface area (Å²) in [4.78, 5) is 57.7. The van der Waals surface area contributed by atoms with E-state index in [-0.39, 0.29) is 11.8 Å². The van der Waals surface area contributed by atoms with Gasteiger partial charge in [-0.2, -0.15) is 0 Å². The number of nitrogens with zero attached hydrogens (tertiary/aromatic N) is 2. The molecule has 3 amide bonds. The molecule has 14 heteroatoms. The number of halogens is 3. The number of hydrogen-bond acceptors (Lipinski definition) is 8. The van der Waals surface area contributed by atoms with E-state index in [0.717, 1.165) is 27.5 Å². The Labute approximate surface area is 307 Å². The molecule has 0 aliphatic carbocycles. The molecular formula is C36H44Cl3N5O6. The summed E-state index contributed by atoms with van der Waals surface area (Å²) in [6.07, 6.45) is 2.10. The van der Waals surface area contributed by atoms with Crippen LogP contribution in [0.5, 0.6) is 0 Å². The number of fused-ring (bicyclic) bond motifs is 1. The number of rotatable bonds is 11. The van der Waals surface area contributed by atoms with Crippen molar-refractivity contribution in [3.63, 3.8) is 0 Å². The van der Waals surface area contributed by atoms with Crippen LogP contribution in [0, 0.1) is 5.92 Å². The van der Waals surface area contributed by atoms with Crippen LogP contribution in [0.4, 0.5) is 0 Å². The van der Waals surface area contributed by atoms with Gasteiger partial charge in [0.15, 0.2) is 0 Å². The molecule has 1 aliphatic rings. The van der Waals surface area contributed by atoms with Crippen molar-refractivity contribution in [2.24, 2.45) is 5.92 Å². The van der Waals surface area contributed by atoms with E-state index in [1.807, 2.05) is 48.5 Å². The summed E-state index contributed by atoms with van der Waals surface area (Å²) in [5.41, 5.74) is 4.85. The summed E-state index contributed by atoms with van der Waals surface area (Å²) in [7, 11) is 0. The molecule has 0 bridgehead atoms. The van der Waals surface area contributed by atoms with Crippen LogP contribution in [0.3, 0.4) is 0 Å². The minimum atomic E-state index is -1.76. The lowest BCUT2D eigenvalue weighted by Gasteiger charge is -2.35. The van der Waals surface area contributed by atoms with Crippen LogP contribution in [-0.4, -0.2) is 73.9 Å². The van der Waals surface area contributed by atoms with Crippen molar-refractivity contribution in [3.05, 3.63) is 65.9 Å². The quantitative estimate of drug-likeness (QED) is 0.153. The topological polar surface area (TPSA) is 150 Å². The van der Waals surface area contributed by atoms with Crippen LogP contribution in [0.1, 0.15) is 71.6 Å². The second-order valence-electron chi connectivity index (χ2n) is 13.5. The van der Waals surface area contributed by atoms with Crippen LogP contribution in [-0.2, 0) is 29.3 Å². The minimum absolute atomic E-state index is 0.304. The van der Waals surface area contributed by atoms with E-state index in [2.05, 4.69) is 21.0 Å². The zero-order chi connectivity index (χ0) is 37.0. The normalized spacial score (nSPS) is 17.2. The summed E-state index contributed by atoms with van der Waals surface area (Å²) in [5, 5.41) is 18.8. The van der Waals surface area contributed by atoms with Gasteiger partial charge in [0.05, 0.1) is 17.2 Å². The Morgan fingerprint density at radius 3 is 2.40 bits per heavy atom. The Morgan fingerprint density at radius 2 is 1.74 bits per heavy atom. The van der Waals surface area contributed by atoms with Gasteiger partial charge in [0.2, 0.25) is 15.6 Å². The number of aromatic nitrogens is 1. The Morgan fingerprint density at radius 1 is 1.02 bits per heavy atom. The number of nitrogens with one attached hydrogen (secondary N) is 3. The standard InChI is InChI=1S/C36H44Cl3N5O6/c1-20(2)30(31(46)41-21(3)32(47)44-14-8-11-28(43-44)33(48)50-19-36(37,38)39)42-34(49)35(5,6)27-10-7-9-24(16-27)29-17-26-15-23(22(4)45)12-13-25(26)18-40-29/h7,9-10,12-13,15-18,20-22,28,30,43,45H,8,11,14,19H2,1-6H3,(H,41,46)(H,42,49)/t21-,22+,28-,30?/m0/s1. The van der Waals surface area contributed by atoms with E-state index in [0.29, 0.717) is 25.1 Å². The van der Waals surface area contributed by atoms with Gasteiger partial charge < -0.3 is 20.5 Å². The van der Waals surface area contributed by atoms with Gasteiger partial charge in [-0.05, 0) is 81.2 Å². The average Bonchev–Trinajstić information content (AvgIpc) is 3.07. The summed E-state index contributed by atoms with van der Waals surface area (Å²) < 4.78 is 3.29. The van der Waals surface area contributed by atoms with Crippen LogP contribution in [0.2, 0.25) is 0 Å². The van der Waals surface area contributed by atoms with Gasteiger partial charge in [0, 0.05) is 23.7 Å². The first-order valence-corrected chi connectivity index (χ1v) is 17.6. The third-order valence-corrected chi connectivity index (χ3v) is 9.08. The fourth-order valence-corrected chi connectivity index (χ4v) is 5.76. The largest absolute Gasteiger partial charge is 0.460 e. The first-order chi connectivity index (χ1) is 23.4. The molecule has 0 radical (unpaired) electrons. The number of alkyl halides is 3. The highest BCUT2D eigenvalue weighted by Crippen LogP contribution is 2.30. The molecule has 0 saturated carbocycles. The highest BCUT2D eigenvalue weighted by Gasteiger charge is 2.37. The van der Waals surface area contributed by atoms with E-state index in [4.69, 9.17) is 39.5 Å². The van der Waals surface area contributed by atoms with Gasteiger partial charge in [0.1, 0.15) is 24.7 Å². The maximum absolute atomic E-state index is 13.8. The Balaban J connectivity index is 1.42. The lowest BCUT2D eigenvalue weighted by atomic mass is 9.82. The average molecular weight is 749 g/mol. The van der Waals surface area contributed by atoms with Gasteiger partial charge >= 0.3 is 5.97 Å². The predicted molar refractivity (Wildman–Crippen MR) is 194 cm³/mol. The smallest absolute Gasteiger partial charge is 0.325 e. The number of pyridine rings is 1. The first-order valence-electron chi connectivity index (χ1n) is 16.5. The number of amides is 3. The molecule has 4 rings (SSSR count). The second-order valence-corrected chi connectivity index (χ2v) is 16.0. The van der Waals surface area contributed by atoms with Crippen molar-refractivity contribution in [2.75, 3.05) is 13.2 Å². The van der Waals surface area contributed by atoms with E-state index in [9.17, 15) is 24.3 Å². The van der Waals surface area contributed by atoms with Crippen molar-refractivity contribution in [2.45, 2.75) is 87.8 Å². The number of esters is 1. The van der Waals surface area contributed by atoms with Crippen LogP contribution >= 0.6 is 34.8 Å². The monoisotopic (exact) mass is 747 g/mol. The van der Waals surface area contributed by atoms with Crippen molar-refractivity contribution in [1.82, 2.24) is 26.1 Å². The second kappa shape index (κ2) is 16.2. The summed E-state index contributed by atoms with van der Waals surface area (Å²) in [5.74, 6) is -2.33. The third-order valence-electron chi connectivity index (χ3n) is 8.76. The Hall–Kier alpha value is -3.48. The number of ether oxygens (including phenoxy) is 1. The number of carbonyl (C=O) groups excluding carboxylic acids is 4. The predicted octanol–water partition coefficient (Wildman–Crippen LogP) is 5.29. The zero-order valence-corrected chi connectivity index (χ0v) is 31.2. The van der Waals surface area contributed by atoms with E-state index < -0.39 is 57.8 Å². The molecular weight excluding hydrogens is 705 g/mol. The maximum atomic E-state index is 13.8. The number of carbonyl (C=O) groups is 4. The molecule has 4 atom stereocenters. The Bertz CT molecular complexity index is 1730. The number of benzene rings is 2. The fraction of sp³-hybridized carbons (Fsp3) is 0.472. The number of aliphatic hydroxyl groups is 1. The lowest BCUT2D eigenvalue weighted by molar-refractivity contribution is -0.152. The summed E-state index contributed by atoms with van der Waals surface area (Å²) in [6, 6.07) is 12.5. The molecule has 1 saturated heterocycles. The Kier molecular flexibility index (Phi) is 12.8. The molecule has 1 fully saturated rings. The SMILES string of the molecule is CC(C)C(NC(=O)C(C)(C)c1cccc(-c2cc3cc([C@@H](C)O)ccc3cn2)c1)C(=O)N[C@@H](C)C(=O)N1CCC[C@@H](C(=O)OCC(Cl)(Cl)Cl)N1. The molecule has 1 aromatic heterocycles. The lowest BCUT2D eigenvalue weighted by Crippen LogP contribution is -2.61.